The van der Waals surface area contributed by atoms with Gasteiger partial charge in [0.2, 0.25) is 0 Å². The van der Waals surface area contributed by atoms with Gasteiger partial charge in [-0.2, -0.15) is 0 Å². The maximum absolute atomic E-state index is 12.7. The highest BCUT2D eigenvalue weighted by Gasteiger charge is 2.18. The molecular formula is C21H22N4O2S. The van der Waals surface area contributed by atoms with Crippen molar-refractivity contribution in [1.29, 1.82) is 0 Å². The number of hydrogen-bond donors (Lipinski definition) is 1. The van der Waals surface area contributed by atoms with Crippen LogP contribution in [0, 0.1) is 13.8 Å². The van der Waals surface area contributed by atoms with Gasteiger partial charge in [0.1, 0.15) is 0 Å². The molecule has 0 aliphatic carbocycles. The minimum atomic E-state index is 0.0762. The van der Waals surface area contributed by atoms with Crippen molar-refractivity contribution in [3.8, 4) is 11.5 Å². The summed E-state index contributed by atoms with van der Waals surface area (Å²) in [4.78, 5) is 15.9. The number of hydrogen-bond acceptors (Lipinski definition) is 5. The van der Waals surface area contributed by atoms with Gasteiger partial charge in [0.05, 0.1) is 11.3 Å². The van der Waals surface area contributed by atoms with Crippen molar-refractivity contribution in [3.63, 3.8) is 0 Å². The van der Waals surface area contributed by atoms with Crippen LogP contribution in [0.3, 0.4) is 0 Å². The fraction of sp³-hybridized carbons (Fsp3) is 0.286. The molecule has 0 aliphatic rings. The number of ketones is 1. The first kappa shape index (κ1) is 18.6. The summed E-state index contributed by atoms with van der Waals surface area (Å²) in [5.74, 6) is 0.798. The fourth-order valence-electron chi connectivity index (χ4n) is 3.48. The van der Waals surface area contributed by atoms with E-state index in [2.05, 4.69) is 26.7 Å². The molecule has 0 saturated heterocycles. The number of nitrogens with one attached hydrogen (secondary N) is 1. The zero-order valence-electron chi connectivity index (χ0n) is 16.2. The first-order valence-electron chi connectivity index (χ1n) is 9.31. The summed E-state index contributed by atoms with van der Waals surface area (Å²) < 4.78 is 7.98. The Hall–Kier alpha value is -2.80. The Balaban J connectivity index is 1.48. The van der Waals surface area contributed by atoms with Crippen LogP contribution in [-0.4, -0.2) is 31.3 Å². The van der Waals surface area contributed by atoms with Crippen LogP contribution in [0.1, 0.15) is 35.1 Å². The highest BCUT2D eigenvalue weighted by Crippen LogP contribution is 2.30. The monoisotopic (exact) mass is 394 g/mol. The molecule has 6 nitrogen and oxygen atoms in total. The lowest BCUT2D eigenvalue weighted by molar-refractivity contribution is 0.102. The van der Waals surface area contributed by atoms with Gasteiger partial charge in [-0.1, -0.05) is 36.9 Å². The number of rotatable bonds is 7. The number of fused-ring (bicyclic) bond motifs is 1. The zero-order valence-corrected chi connectivity index (χ0v) is 17.0. The minimum absolute atomic E-state index is 0.0762. The number of para-hydroxylation sites is 1. The lowest BCUT2D eigenvalue weighted by atomic mass is 10.2. The first-order chi connectivity index (χ1) is 13.6. The second kappa shape index (κ2) is 7.67. The van der Waals surface area contributed by atoms with Crippen molar-refractivity contribution in [2.75, 3.05) is 5.75 Å². The van der Waals surface area contributed by atoms with Crippen molar-refractivity contribution < 1.29 is 9.21 Å². The number of nitrogens with zero attached hydrogens (tertiary/aromatic N) is 3. The van der Waals surface area contributed by atoms with E-state index in [1.807, 2.05) is 50.4 Å². The second-order valence-corrected chi connectivity index (χ2v) is 7.70. The van der Waals surface area contributed by atoms with E-state index in [9.17, 15) is 4.79 Å². The fourth-order valence-corrected chi connectivity index (χ4v) is 4.13. The van der Waals surface area contributed by atoms with Crippen molar-refractivity contribution in [3.05, 3.63) is 53.5 Å². The average molecular weight is 395 g/mol. The van der Waals surface area contributed by atoms with Crippen LogP contribution in [-0.2, 0) is 6.54 Å². The summed E-state index contributed by atoms with van der Waals surface area (Å²) >= 11 is 1.27. The van der Waals surface area contributed by atoms with E-state index in [1.165, 1.54) is 11.8 Å². The topological polar surface area (TPSA) is 76.7 Å². The molecule has 3 aromatic heterocycles. The van der Waals surface area contributed by atoms with E-state index in [1.54, 1.807) is 0 Å². The van der Waals surface area contributed by atoms with E-state index >= 15 is 0 Å². The molecule has 0 fully saturated rings. The molecule has 0 spiro atoms. The molecule has 7 heteroatoms. The number of benzene rings is 1. The van der Waals surface area contributed by atoms with Crippen molar-refractivity contribution >= 4 is 28.4 Å². The summed E-state index contributed by atoms with van der Waals surface area (Å²) in [5, 5.41) is 9.67. The summed E-state index contributed by atoms with van der Waals surface area (Å²) in [6.07, 6.45) is 2.90. The molecule has 4 aromatic rings. The molecule has 1 aromatic carbocycles. The molecule has 1 N–H and O–H groups in total. The molecule has 3 heterocycles. The van der Waals surface area contributed by atoms with Gasteiger partial charge in [-0.15, -0.1) is 10.2 Å². The largest absolute Gasteiger partial charge is 0.411 e. The van der Waals surface area contributed by atoms with E-state index < -0.39 is 0 Å². The van der Waals surface area contributed by atoms with Gasteiger partial charge < -0.3 is 14.0 Å². The second-order valence-electron chi connectivity index (χ2n) is 6.77. The van der Waals surface area contributed by atoms with Gasteiger partial charge in [-0.3, -0.25) is 4.79 Å². The SMILES string of the molecule is CCCn1c(C)cc(C(=O)CSc2nnc(-c3c[nH]c4ccccc34)o2)c1C. The quantitative estimate of drug-likeness (QED) is 0.352. The van der Waals surface area contributed by atoms with Gasteiger partial charge in [0.15, 0.2) is 5.78 Å². The van der Waals surface area contributed by atoms with Gasteiger partial charge in [-0.25, -0.2) is 0 Å². The molecule has 0 bridgehead atoms. The Morgan fingerprint density at radius 2 is 2.07 bits per heavy atom. The number of carbonyl (C=O) groups excluding carboxylic acids is 1. The standard InChI is InChI=1S/C21H22N4O2S/c1-4-9-25-13(2)10-16(14(25)3)19(26)12-28-21-24-23-20(27-21)17-11-22-18-8-6-5-7-15(17)18/h5-8,10-11,22H,4,9,12H2,1-3H3. The van der Waals surface area contributed by atoms with Crippen LogP contribution in [0.2, 0.25) is 0 Å². The molecule has 0 radical (unpaired) electrons. The third kappa shape index (κ3) is 3.38. The van der Waals surface area contributed by atoms with Gasteiger partial charge in [-0.05, 0) is 32.4 Å². The summed E-state index contributed by atoms with van der Waals surface area (Å²) in [7, 11) is 0. The van der Waals surface area contributed by atoms with E-state index in [0.717, 1.165) is 46.4 Å². The predicted octanol–water partition coefficient (Wildman–Crippen LogP) is 5.02. The van der Waals surface area contributed by atoms with Crippen molar-refractivity contribution in [1.82, 2.24) is 19.7 Å². The highest BCUT2D eigenvalue weighted by atomic mass is 32.2. The van der Waals surface area contributed by atoms with Crippen LogP contribution in [0.15, 0.2) is 46.2 Å². The average Bonchev–Trinajstić information content (AvgIpc) is 3.40. The first-order valence-corrected chi connectivity index (χ1v) is 10.3. The minimum Gasteiger partial charge on any atom is -0.411 e. The molecule has 0 aliphatic heterocycles. The molecular weight excluding hydrogens is 372 g/mol. The number of aryl methyl sites for hydroxylation is 1. The zero-order chi connectivity index (χ0) is 19.7. The third-order valence-electron chi connectivity index (χ3n) is 4.87. The number of aromatic amines is 1. The Morgan fingerprint density at radius 3 is 2.89 bits per heavy atom. The molecule has 0 atom stereocenters. The maximum atomic E-state index is 12.7. The molecule has 28 heavy (non-hydrogen) atoms. The van der Waals surface area contributed by atoms with Crippen molar-refractivity contribution in [2.24, 2.45) is 0 Å². The summed E-state index contributed by atoms with van der Waals surface area (Å²) in [6, 6.07) is 9.92. The Labute approximate surface area is 167 Å². The lowest BCUT2D eigenvalue weighted by Crippen LogP contribution is -2.06. The van der Waals surface area contributed by atoms with E-state index in [-0.39, 0.29) is 11.5 Å². The van der Waals surface area contributed by atoms with Crippen LogP contribution in [0.5, 0.6) is 0 Å². The number of carbonyl (C=O) groups is 1. The van der Waals surface area contributed by atoms with Crippen LogP contribution in [0.4, 0.5) is 0 Å². The molecule has 0 unspecified atom stereocenters. The maximum Gasteiger partial charge on any atom is 0.277 e. The van der Waals surface area contributed by atoms with Crippen LogP contribution >= 0.6 is 11.8 Å². The molecule has 4 rings (SSSR count). The Kier molecular flexibility index (Phi) is 5.09. The van der Waals surface area contributed by atoms with Gasteiger partial charge in [0.25, 0.3) is 11.1 Å². The Bertz CT molecular complexity index is 1140. The lowest BCUT2D eigenvalue weighted by Gasteiger charge is -2.07. The molecule has 144 valence electrons. The number of Topliss-reactive ketones (excluding diaryl/α,β-unsaturated/α-hetero) is 1. The van der Waals surface area contributed by atoms with E-state index in [4.69, 9.17) is 4.42 Å². The third-order valence-corrected chi connectivity index (χ3v) is 5.69. The predicted molar refractivity (Wildman–Crippen MR) is 111 cm³/mol. The van der Waals surface area contributed by atoms with Crippen molar-refractivity contribution in [2.45, 2.75) is 39.0 Å². The van der Waals surface area contributed by atoms with Gasteiger partial charge >= 0.3 is 0 Å². The number of thioether (sulfide) groups is 1. The van der Waals surface area contributed by atoms with Crippen LogP contribution < -0.4 is 0 Å². The Morgan fingerprint density at radius 1 is 1.25 bits per heavy atom. The summed E-state index contributed by atoms with van der Waals surface area (Å²) in [5.41, 5.74) is 4.80. The smallest absolute Gasteiger partial charge is 0.277 e. The number of H-pyrrole nitrogens is 1. The molecule has 0 amide bonds. The normalized spacial score (nSPS) is 11.4. The van der Waals surface area contributed by atoms with E-state index in [0.29, 0.717) is 11.1 Å². The van der Waals surface area contributed by atoms with Crippen LogP contribution in [0.25, 0.3) is 22.4 Å². The highest BCUT2D eigenvalue weighted by molar-refractivity contribution is 7.99. The molecule has 0 saturated carbocycles. The van der Waals surface area contributed by atoms with Gasteiger partial charge in [0, 0.05) is 40.6 Å². The summed E-state index contributed by atoms with van der Waals surface area (Å²) in [6.45, 7) is 7.10. The number of aromatic nitrogens is 4.